The molecule has 11 rings (SSSR count). The summed E-state index contributed by atoms with van der Waals surface area (Å²) in [7, 11) is 0. The van der Waals surface area contributed by atoms with Gasteiger partial charge in [0.15, 0.2) is 5.78 Å². The van der Waals surface area contributed by atoms with Crippen molar-refractivity contribution in [1.29, 1.82) is 0 Å². The number of carbonyl (C=O) groups excluding carboxylic acids is 3. The molecule has 2 saturated carbocycles. The Kier molecular flexibility index (Phi) is 7.85. The number of aliphatic hydroxyl groups excluding tert-OH is 1. The fourth-order valence-corrected chi connectivity index (χ4v) is 12.3. The normalized spacial score (nSPS) is 22.1. The minimum atomic E-state index is -1.64. The van der Waals surface area contributed by atoms with E-state index in [0.717, 1.165) is 108 Å². The van der Waals surface area contributed by atoms with Crippen LogP contribution in [0.15, 0.2) is 48.5 Å². The van der Waals surface area contributed by atoms with Gasteiger partial charge < -0.3 is 14.6 Å². The maximum absolute atomic E-state index is 14.7. The summed E-state index contributed by atoms with van der Waals surface area (Å²) in [5.41, 5.74) is 2.07. The van der Waals surface area contributed by atoms with Gasteiger partial charge in [-0.2, -0.15) is 0 Å². The number of Topliss-reactive ketones (excluding diaryl/α,β-unsaturated/α-hetero) is 3. The SMILES string of the molecule is O=C1C(=O)c2c(F)cc(F)cc2/C1=C/c1cc2c(s1)-c1cc3c(cc1C1(CCCCC1)O2)-c1sc(/C=C2/c4cc(F)cc(F)c4C(=O)C2O)cc1OC31CCCCC1. The molecule has 2 aromatic heterocycles. The molecule has 6 nitrogen and oxygen atoms in total. The Labute approximate surface area is 337 Å². The van der Waals surface area contributed by atoms with Gasteiger partial charge in [0.1, 0.15) is 52.1 Å². The third-order valence-corrected chi connectivity index (χ3v) is 15.0. The van der Waals surface area contributed by atoms with Crippen molar-refractivity contribution in [3.63, 3.8) is 0 Å². The number of ether oxygens (including phenoxy) is 2. The van der Waals surface area contributed by atoms with E-state index in [0.29, 0.717) is 33.4 Å². The van der Waals surface area contributed by atoms with Crippen LogP contribution in [-0.4, -0.2) is 28.6 Å². The predicted octanol–water partition coefficient (Wildman–Crippen LogP) is 11.2. The molecule has 292 valence electrons. The predicted molar refractivity (Wildman–Crippen MR) is 212 cm³/mol. The number of allylic oxidation sites excluding steroid dienone is 1. The van der Waals surface area contributed by atoms with Crippen LogP contribution in [0.2, 0.25) is 0 Å². The second-order valence-corrected chi connectivity index (χ2v) is 18.3. The highest BCUT2D eigenvalue weighted by Crippen LogP contribution is 2.60. The van der Waals surface area contributed by atoms with Crippen LogP contribution in [0.3, 0.4) is 0 Å². The maximum atomic E-state index is 14.7. The number of thiophene rings is 2. The summed E-state index contributed by atoms with van der Waals surface area (Å²) in [6, 6.07) is 11.5. The number of ketones is 3. The topological polar surface area (TPSA) is 89.9 Å². The van der Waals surface area contributed by atoms with E-state index >= 15 is 0 Å². The Morgan fingerprint density at radius 3 is 1.64 bits per heavy atom. The van der Waals surface area contributed by atoms with E-state index < -0.39 is 63.5 Å². The highest BCUT2D eigenvalue weighted by atomic mass is 32.1. The molecule has 12 heteroatoms. The molecule has 1 N–H and O–H groups in total. The first-order valence-electron chi connectivity index (χ1n) is 19.5. The average Bonchev–Trinajstić information content (AvgIpc) is 3.92. The molecule has 0 amide bonds. The van der Waals surface area contributed by atoms with Gasteiger partial charge in [-0.05, 0) is 111 Å². The fraction of sp³-hybridized carbons (Fsp3) is 0.283. The van der Waals surface area contributed by atoms with E-state index in [1.165, 1.54) is 28.7 Å². The molecule has 2 fully saturated rings. The monoisotopic (exact) mass is 820 g/mol. The van der Waals surface area contributed by atoms with E-state index in [4.69, 9.17) is 9.47 Å². The van der Waals surface area contributed by atoms with Crippen LogP contribution in [0.4, 0.5) is 17.6 Å². The first-order valence-corrected chi connectivity index (χ1v) is 21.2. The summed E-state index contributed by atoms with van der Waals surface area (Å²) >= 11 is 2.80. The van der Waals surface area contributed by atoms with Crippen LogP contribution in [0.5, 0.6) is 11.5 Å². The van der Waals surface area contributed by atoms with Crippen LogP contribution in [0.1, 0.15) is 117 Å². The zero-order valence-corrected chi connectivity index (χ0v) is 32.4. The number of fused-ring (bicyclic) bond motifs is 10. The van der Waals surface area contributed by atoms with Crippen molar-refractivity contribution in [3.05, 3.63) is 115 Å². The Bertz CT molecular complexity index is 2780. The molecule has 2 aliphatic heterocycles. The van der Waals surface area contributed by atoms with E-state index in [2.05, 4.69) is 12.1 Å². The minimum absolute atomic E-state index is 0.0334. The Balaban J connectivity index is 1.08. The lowest BCUT2D eigenvalue weighted by molar-refractivity contribution is -0.109. The molecule has 3 aromatic carbocycles. The van der Waals surface area contributed by atoms with Crippen LogP contribution in [0.25, 0.3) is 44.2 Å². The standard InChI is InChI=1S/C46H32F4O6S2/c47-21-11-25-27(39(51)41(53)37(25)33(49)13-21)15-23-17-35-43(57-23)29-20-32-30(19-31(29)45(55-35)7-3-1-4-8-45)44-36(56-46(32)9-5-2-6-10-46)18-24(58-44)16-28-26-12-22(48)14-34(50)38(26)42(54)40(28)52/h11-20,39,51H,1-10H2/b27-15-,28-16-. The Morgan fingerprint density at radius 2 is 1.09 bits per heavy atom. The van der Waals surface area contributed by atoms with E-state index in [-0.39, 0.29) is 27.8 Å². The van der Waals surface area contributed by atoms with Gasteiger partial charge in [-0.1, -0.05) is 12.8 Å². The Hall–Kier alpha value is -5.17. The van der Waals surface area contributed by atoms with E-state index in [1.54, 1.807) is 6.08 Å². The van der Waals surface area contributed by atoms with Crippen molar-refractivity contribution in [2.75, 3.05) is 0 Å². The van der Waals surface area contributed by atoms with Gasteiger partial charge >= 0.3 is 0 Å². The van der Waals surface area contributed by atoms with Gasteiger partial charge in [0.25, 0.3) is 0 Å². The van der Waals surface area contributed by atoms with Crippen molar-refractivity contribution >= 4 is 63.3 Å². The summed E-state index contributed by atoms with van der Waals surface area (Å²) in [5, 5.41) is 10.9. The van der Waals surface area contributed by atoms with Gasteiger partial charge in [-0.25, -0.2) is 17.6 Å². The van der Waals surface area contributed by atoms with Gasteiger partial charge in [-0.15, -0.1) is 22.7 Å². The zero-order chi connectivity index (χ0) is 39.8. The quantitative estimate of drug-likeness (QED) is 0.108. The molecule has 4 aliphatic carbocycles. The van der Waals surface area contributed by atoms with Crippen molar-refractivity contribution in [3.8, 4) is 32.4 Å². The second kappa shape index (κ2) is 12.7. The largest absolute Gasteiger partial charge is 0.481 e. The number of benzene rings is 3. The fourth-order valence-electron chi connectivity index (χ4n) is 10.2. The lowest BCUT2D eigenvalue weighted by atomic mass is 9.71. The Morgan fingerprint density at radius 1 is 0.586 bits per heavy atom. The van der Waals surface area contributed by atoms with Crippen molar-refractivity contribution < 1.29 is 46.5 Å². The number of hydrogen-bond acceptors (Lipinski definition) is 8. The lowest BCUT2D eigenvalue weighted by Crippen LogP contribution is -2.40. The highest BCUT2D eigenvalue weighted by Gasteiger charge is 2.48. The summed E-state index contributed by atoms with van der Waals surface area (Å²) in [6.07, 6.45) is 10.6. The van der Waals surface area contributed by atoms with Gasteiger partial charge in [0, 0.05) is 55.3 Å². The van der Waals surface area contributed by atoms with Gasteiger partial charge in [0.05, 0.1) is 20.9 Å². The lowest BCUT2D eigenvalue weighted by Gasteiger charge is -2.45. The molecule has 0 bridgehead atoms. The van der Waals surface area contributed by atoms with Gasteiger partial charge in [0.2, 0.25) is 11.6 Å². The van der Waals surface area contributed by atoms with Crippen LogP contribution >= 0.6 is 22.7 Å². The third-order valence-electron chi connectivity index (χ3n) is 12.8. The third kappa shape index (κ3) is 5.13. The van der Waals surface area contributed by atoms with Gasteiger partial charge in [-0.3, -0.25) is 14.4 Å². The molecule has 0 radical (unpaired) electrons. The molecule has 1 atom stereocenters. The molecule has 0 saturated heterocycles. The summed E-state index contributed by atoms with van der Waals surface area (Å²) in [6.45, 7) is 0. The molecule has 5 aromatic rings. The average molecular weight is 821 g/mol. The highest BCUT2D eigenvalue weighted by molar-refractivity contribution is 7.17. The first kappa shape index (κ1) is 36.0. The number of hydrogen-bond donors (Lipinski definition) is 1. The molecule has 58 heavy (non-hydrogen) atoms. The molecule has 6 aliphatic rings. The maximum Gasteiger partial charge on any atom is 0.237 e. The van der Waals surface area contributed by atoms with Crippen molar-refractivity contribution in [2.24, 2.45) is 0 Å². The molecule has 1 unspecified atom stereocenters. The summed E-state index contributed by atoms with van der Waals surface area (Å²) in [5.74, 6) is -5.19. The molecule has 4 heterocycles. The first-order chi connectivity index (χ1) is 27.9. The summed E-state index contributed by atoms with van der Waals surface area (Å²) in [4.78, 5) is 41.8. The minimum Gasteiger partial charge on any atom is -0.481 e. The smallest absolute Gasteiger partial charge is 0.237 e. The van der Waals surface area contributed by atoms with Crippen LogP contribution in [-0.2, 0) is 16.0 Å². The van der Waals surface area contributed by atoms with Crippen LogP contribution in [0, 0.1) is 23.3 Å². The molecular weight excluding hydrogens is 789 g/mol. The number of rotatable bonds is 2. The number of halogens is 4. The van der Waals surface area contributed by atoms with E-state index in [1.807, 2.05) is 12.1 Å². The molecular formula is C46H32F4O6S2. The molecule has 2 spiro atoms. The van der Waals surface area contributed by atoms with Crippen LogP contribution < -0.4 is 9.47 Å². The summed E-state index contributed by atoms with van der Waals surface area (Å²) < 4.78 is 72.3. The zero-order valence-electron chi connectivity index (χ0n) is 30.7. The number of aliphatic hydroxyl groups is 1. The van der Waals surface area contributed by atoms with Crippen molar-refractivity contribution in [1.82, 2.24) is 0 Å². The second-order valence-electron chi connectivity index (χ2n) is 16.1. The van der Waals surface area contributed by atoms with E-state index in [9.17, 15) is 37.1 Å². The number of carbonyl (C=O) groups is 3. The van der Waals surface area contributed by atoms with Crippen molar-refractivity contribution in [2.45, 2.75) is 81.5 Å².